The molecule has 0 bridgehead atoms. The lowest BCUT2D eigenvalue weighted by molar-refractivity contribution is 0.402. The molecule has 0 heterocycles. The van der Waals surface area contributed by atoms with Crippen LogP contribution >= 0.6 is 0 Å². The number of aryl methyl sites for hydroxylation is 2. The van der Waals surface area contributed by atoms with Gasteiger partial charge in [0.05, 0.1) is 19.9 Å². The second kappa shape index (κ2) is 6.27. The SMILES string of the molecule is COc1ccc(C)cc1NS(=O)(=O)c1cc(C)ccc1OC. The number of anilines is 1. The van der Waals surface area contributed by atoms with Gasteiger partial charge < -0.3 is 9.47 Å². The van der Waals surface area contributed by atoms with E-state index in [-0.39, 0.29) is 4.90 Å². The van der Waals surface area contributed by atoms with E-state index in [0.29, 0.717) is 17.2 Å². The van der Waals surface area contributed by atoms with Gasteiger partial charge in [0.2, 0.25) is 0 Å². The third-order valence-corrected chi connectivity index (χ3v) is 4.59. The van der Waals surface area contributed by atoms with Crippen molar-refractivity contribution in [3.05, 3.63) is 47.5 Å². The van der Waals surface area contributed by atoms with Crippen LogP contribution in [-0.4, -0.2) is 22.6 Å². The monoisotopic (exact) mass is 321 g/mol. The van der Waals surface area contributed by atoms with Crippen molar-refractivity contribution in [2.24, 2.45) is 0 Å². The zero-order valence-electron chi connectivity index (χ0n) is 13.0. The van der Waals surface area contributed by atoms with Crippen molar-refractivity contribution in [1.29, 1.82) is 0 Å². The van der Waals surface area contributed by atoms with Gasteiger partial charge in [-0.05, 0) is 49.2 Å². The zero-order chi connectivity index (χ0) is 16.3. The maximum atomic E-state index is 12.7. The summed E-state index contributed by atoms with van der Waals surface area (Å²) in [5.41, 5.74) is 2.15. The molecule has 0 aromatic heterocycles. The molecular weight excluding hydrogens is 302 g/mol. The Balaban J connectivity index is 2.49. The topological polar surface area (TPSA) is 64.6 Å². The van der Waals surface area contributed by atoms with Gasteiger partial charge in [-0.2, -0.15) is 0 Å². The van der Waals surface area contributed by atoms with E-state index in [0.717, 1.165) is 11.1 Å². The Kier molecular flexibility index (Phi) is 4.61. The number of benzene rings is 2. The van der Waals surface area contributed by atoms with Gasteiger partial charge in [0.1, 0.15) is 16.4 Å². The summed E-state index contributed by atoms with van der Waals surface area (Å²) in [5, 5.41) is 0. The maximum Gasteiger partial charge on any atom is 0.265 e. The number of hydrogen-bond donors (Lipinski definition) is 1. The lowest BCUT2D eigenvalue weighted by Crippen LogP contribution is -2.15. The first kappa shape index (κ1) is 16.2. The van der Waals surface area contributed by atoms with Gasteiger partial charge in [-0.1, -0.05) is 12.1 Å². The van der Waals surface area contributed by atoms with Crippen LogP contribution in [0, 0.1) is 13.8 Å². The van der Waals surface area contributed by atoms with Crippen molar-refractivity contribution >= 4 is 15.7 Å². The first-order valence-electron chi connectivity index (χ1n) is 6.69. The average Bonchev–Trinajstić information content (AvgIpc) is 2.47. The molecule has 2 aromatic rings. The zero-order valence-corrected chi connectivity index (χ0v) is 13.8. The summed E-state index contributed by atoms with van der Waals surface area (Å²) in [7, 11) is -0.846. The second-order valence-electron chi connectivity index (χ2n) is 4.96. The molecule has 0 spiro atoms. The van der Waals surface area contributed by atoms with Gasteiger partial charge in [0.15, 0.2) is 0 Å². The number of rotatable bonds is 5. The van der Waals surface area contributed by atoms with E-state index in [9.17, 15) is 8.42 Å². The molecule has 0 unspecified atom stereocenters. The first-order chi connectivity index (χ1) is 10.4. The summed E-state index contributed by atoms with van der Waals surface area (Å²) in [5.74, 6) is 0.755. The van der Waals surface area contributed by atoms with Crippen LogP contribution in [0.2, 0.25) is 0 Å². The maximum absolute atomic E-state index is 12.7. The number of nitrogens with one attached hydrogen (secondary N) is 1. The van der Waals surface area contributed by atoms with E-state index < -0.39 is 10.0 Å². The van der Waals surface area contributed by atoms with E-state index in [4.69, 9.17) is 9.47 Å². The Bertz CT molecular complexity index is 785. The highest BCUT2D eigenvalue weighted by atomic mass is 32.2. The number of sulfonamides is 1. The molecule has 0 aliphatic heterocycles. The number of methoxy groups -OCH3 is 2. The van der Waals surface area contributed by atoms with Crippen LogP contribution in [0.15, 0.2) is 41.3 Å². The molecule has 0 saturated carbocycles. The highest BCUT2D eigenvalue weighted by Crippen LogP contribution is 2.31. The standard InChI is InChI=1S/C16H19NO4S/c1-11-5-7-14(20-3)13(9-11)17-22(18,19)16-10-12(2)6-8-15(16)21-4/h5-10,17H,1-4H3. The molecule has 5 nitrogen and oxygen atoms in total. The number of ether oxygens (including phenoxy) is 2. The first-order valence-corrected chi connectivity index (χ1v) is 8.18. The largest absolute Gasteiger partial charge is 0.495 e. The van der Waals surface area contributed by atoms with Crippen LogP contribution in [0.25, 0.3) is 0 Å². The molecule has 118 valence electrons. The normalized spacial score (nSPS) is 11.1. The summed E-state index contributed by atoms with van der Waals surface area (Å²) < 4.78 is 38.3. The molecule has 0 fully saturated rings. The molecule has 0 radical (unpaired) electrons. The van der Waals surface area contributed by atoms with Crippen LogP contribution in [0.1, 0.15) is 11.1 Å². The van der Waals surface area contributed by atoms with E-state index in [1.165, 1.54) is 14.2 Å². The molecule has 0 amide bonds. The van der Waals surface area contributed by atoms with Crippen molar-refractivity contribution in [2.45, 2.75) is 18.7 Å². The van der Waals surface area contributed by atoms with Crippen molar-refractivity contribution in [1.82, 2.24) is 0 Å². The Labute approximate surface area is 130 Å². The minimum absolute atomic E-state index is 0.0959. The highest BCUT2D eigenvalue weighted by Gasteiger charge is 2.21. The second-order valence-corrected chi connectivity index (χ2v) is 6.61. The van der Waals surface area contributed by atoms with Crippen LogP contribution in [-0.2, 0) is 10.0 Å². The fourth-order valence-electron chi connectivity index (χ4n) is 2.10. The molecule has 2 rings (SSSR count). The quantitative estimate of drug-likeness (QED) is 0.919. The minimum atomic E-state index is -3.78. The summed E-state index contributed by atoms with van der Waals surface area (Å²) in [6, 6.07) is 10.3. The van der Waals surface area contributed by atoms with Gasteiger partial charge in [0, 0.05) is 0 Å². The van der Waals surface area contributed by atoms with E-state index in [2.05, 4.69) is 4.72 Å². The van der Waals surface area contributed by atoms with Gasteiger partial charge in [-0.3, -0.25) is 4.72 Å². The van der Waals surface area contributed by atoms with Gasteiger partial charge in [0.25, 0.3) is 10.0 Å². The summed E-state index contributed by atoms with van der Waals surface area (Å²) in [6.07, 6.45) is 0. The Morgan fingerprint density at radius 3 is 2.00 bits per heavy atom. The van der Waals surface area contributed by atoms with Gasteiger partial charge in [-0.15, -0.1) is 0 Å². The van der Waals surface area contributed by atoms with Crippen LogP contribution in [0.5, 0.6) is 11.5 Å². The Morgan fingerprint density at radius 1 is 0.864 bits per heavy atom. The molecule has 6 heteroatoms. The van der Waals surface area contributed by atoms with Crippen LogP contribution < -0.4 is 14.2 Å². The molecule has 22 heavy (non-hydrogen) atoms. The van der Waals surface area contributed by atoms with Crippen molar-refractivity contribution in [3.8, 4) is 11.5 Å². The smallest absolute Gasteiger partial charge is 0.265 e. The average molecular weight is 321 g/mol. The lowest BCUT2D eigenvalue weighted by Gasteiger charge is -2.15. The third-order valence-electron chi connectivity index (χ3n) is 3.21. The molecular formula is C16H19NO4S. The Hall–Kier alpha value is -2.21. The van der Waals surface area contributed by atoms with E-state index >= 15 is 0 Å². The van der Waals surface area contributed by atoms with Crippen molar-refractivity contribution < 1.29 is 17.9 Å². The van der Waals surface area contributed by atoms with Crippen LogP contribution in [0.3, 0.4) is 0 Å². The molecule has 0 aliphatic carbocycles. The Morgan fingerprint density at radius 2 is 1.41 bits per heavy atom. The van der Waals surface area contributed by atoms with E-state index in [1.807, 2.05) is 19.9 Å². The molecule has 0 aliphatic rings. The summed E-state index contributed by atoms with van der Waals surface area (Å²) >= 11 is 0. The predicted octanol–water partition coefficient (Wildman–Crippen LogP) is 3.12. The van der Waals surface area contributed by atoms with E-state index in [1.54, 1.807) is 30.3 Å². The fourth-order valence-corrected chi connectivity index (χ4v) is 3.41. The molecule has 1 N–H and O–H groups in total. The van der Waals surface area contributed by atoms with Gasteiger partial charge in [-0.25, -0.2) is 8.42 Å². The third kappa shape index (κ3) is 3.33. The fraction of sp³-hybridized carbons (Fsp3) is 0.250. The highest BCUT2D eigenvalue weighted by molar-refractivity contribution is 7.92. The predicted molar refractivity (Wildman–Crippen MR) is 86.3 cm³/mol. The number of hydrogen-bond acceptors (Lipinski definition) is 4. The molecule has 0 saturated heterocycles. The minimum Gasteiger partial charge on any atom is -0.495 e. The van der Waals surface area contributed by atoms with Crippen molar-refractivity contribution in [3.63, 3.8) is 0 Å². The van der Waals surface area contributed by atoms with Crippen molar-refractivity contribution in [2.75, 3.05) is 18.9 Å². The summed E-state index contributed by atoms with van der Waals surface area (Å²) in [6.45, 7) is 3.70. The van der Waals surface area contributed by atoms with Crippen LogP contribution in [0.4, 0.5) is 5.69 Å². The summed E-state index contributed by atoms with van der Waals surface area (Å²) in [4.78, 5) is 0.0959. The molecule has 0 atom stereocenters. The lowest BCUT2D eigenvalue weighted by atomic mass is 10.2. The molecule has 2 aromatic carbocycles. The van der Waals surface area contributed by atoms with Gasteiger partial charge >= 0.3 is 0 Å².